The Morgan fingerprint density at radius 2 is 1.93 bits per heavy atom. The number of rotatable bonds is 7. The van der Waals surface area contributed by atoms with Crippen LogP contribution in [0.15, 0.2) is 0 Å². The standard InChI is InChI=1S/C10H21NO3/c1-8(2)9(7-13)11-10(14)5-3-4-6-12/h8-9,12-13H,3-7H2,1-2H3,(H,11,14). The lowest BCUT2D eigenvalue weighted by Crippen LogP contribution is -2.41. The summed E-state index contributed by atoms with van der Waals surface area (Å²) in [5, 5.41) is 20.2. The fourth-order valence-electron chi connectivity index (χ4n) is 1.10. The predicted molar refractivity (Wildman–Crippen MR) is 54.8 cm³/mol. The monoisotopic (exact) mass is 203 g/mol. The summed E-state index contributed by atoms with van der Waals surface area (Å²) >= 11 is 0. The molecule has 1 amide bonds. The van der Waals surface area contributed by atoms with Crippen LogP contribution in [0, 0.1) is 5.92 Å². The molecule has 0 aromatic carbocycles. The average Bonchev–Trinajstić information content (AvgIpc) is 2.14. The van der Waals surface area contributed by atoms with E-state index in [1.54, 1.807) is 0 Å². The molecule has 1 atom stereocenters. The van der Waals surface area contributed by atoms with Gasteiger partial charge >= 0.3 is 0 Å². The van der Waals surface area contributed by atoms with Crippen molar-refractivity contribution in [3.8, 4) is 0 Å². The molecule has 0 bridgehead atoms. The van der Waals surface area contributed by atoms with Gasteiger partial charge in [-0.2, -0.15) is 0 Å². The number of aliphatic hydroxyl groups excluding tert-OH is 2. The van der Waals surface area contributed by atoms with Crippen molar-refractivity contribution in [3.63, 3.8) is 0 Å². The smallest absolute Gasteiger partial charge is 0.220 e. The van der Waals surface area contributed by atoms with Gasteiger partial charge in [-0.3, -0.25) is 4.79 Å². The van der Waals surface area contributed by atoms with E-state index in [2.05, 4.69) is 5.32 Å². The van der Waals surface area contributed by atoms with Crippen LogP contribution >= 0.6 is 0 Å². The van der Waals surface area contributed by atoms with Crippen molar-refractivity contribution in [3.05, 3.63) is 0 Å². The van der Waals surface area contributed by atoms with Crippen molar-refractivity contribution in [1.29, 1.82) is 0 Å². The number of unbranched alkanes of at least 4 members (excludes halogenated alkanes) is 1. The summed E-state index contributed by atoms with van der Waals surface area (Å²) in [4.78, 5) is 11.3. The van der Waals surface area contributed by atoms with Gasteiger partial charge in [0.2, 0.25) is 5.91 Å². The molecule has 0 aliphatic heterocycles. The molecule has 84 valence electrons. The SMILES string of the molecule is CC(C)C(CO)NC(=O)CCCCO. The molecule has 0 saturated heterocycles. The Bertz CT molecular complexity index is 159. The zero-order chi connectivity index (χ0) is 11.0. The van der Waals surface area contributed by atoms with Crippen molar-refractivity contribution < 1.29 is 15.0 Å². The molecule has 0 aliphatic rings. The minimum atomic E-state index is -0.156. The Morgan fingerprint density at radius 3 is 2.36 bits per heavy atom. The first-order valence-electron chi connectivity index (χ1n) is 5.13. The van der Waals surface area contributed by atoms with E-state index in [-0.39, 0.29) is 31.1 Å². The van der Waals surface area contributed by atoms with Crippen molar-refractivity contribution in [2.75, 3.05) is 13.2 Å². The summed E-state index contributed by atoms with van der Waals surface area (Å²) in [5.41, 5.74) is 0. The molecule has 0 rings (SSSR count). The molecule has 0 saturated carbocycles. The third kappa shape index (κ3) is 5.94. The van der Waals surface area contributed by atoms with Crippen LogP contribution in [0.4, 0.5) is 0 Å². The second-order valence-corrected chi connectivity index (χ2v) is 3.78. The van der Waals surface area contributed by atoms with Gasteiger partial charge in [-0.25, -0.2) is 0 Å². The molecule has 14 heavy (non-hydrogen) atoms. The number of hydrogen-bond donors (Lipinski definition) is 3. The largest absolute Gasteiger partial charge is 0.396 e. The predicted octanol–water partition coefficient (Wildman–Crippen LogP) is 0.282. The van der Waals surface area contributed by atoms with Crippen LogP contribution in [-0.2, 0) is 4.79 Å². The molecule has 0 fully saturated rings. The molecule has 0 aromatic heterocycles. The van der Waals surface area contributed by atoms with Crippen molar-refractivity contribution in [2.24, 2.45) is 5.92 Å². The van der Waals surface area contributed by atoms with Gasteiger partial charge in [0.25, 0.3) is 0 Å². The van der Waals surface area contributed by atoms with E-state index in [1.165, 1.54) is 0 Å². The Morgan fingerprint density at radius 1 is 1.29 bits per heavy atom. The number of carbonyl (C=O) groups excluding carboxylic acids is 1. The van der Waals surface area contributed by atoms with E-state index >= 15 is 0 Å². The molecule has 0 aliphatic carbocycles. The van der Waals surface area contributed by atoms with Gasteiger partial charge in [0.1, 0.15) is 0 Å². The average molecular weight is 203 g/mol. The van der Waals surface area contributed by atoms with Crippen LogP contribution in [0.5, 0.6) is 0 Å². The zero-order valence-corrected chi connectivity index (χ0v) is 8.99. The van der Waals surface area contributed by atoms with Gasteiger partial charge in [0, 0.05) is 13.0 Å². The lowest BCUT2D eigenvalue weighted by Gasteiger charge is -2.19. The fraction of sp³-hybridized carbons (Fsp3) is 0.900. The summed E-state index contributed by atoms with van der Waals surface area (Å²) in [6.45, 7) is 4.01. The number of hydrogen-bond acceptors (Lipinski definition) is 3. The summed E-state index contributed by atoms with van der Waals surface area (Å²) < 4.78 is 0. The highest BCUT2D eigenvalue weighted by atomic mass is 16.3. The third-order valence-corrected chi connectivity index (χ3v) is 2.16. The second-order valence-electron chi connectivity index (χ2n) is 3.78. The Labute approximate surface area is 85.3 Å². The molecule has 4 heteroatoms. The van der Waals surface area contributed by atoms with E-state index in [4.69, 9.17) is 10.2 Å². The molecule has 3 N–H and O–H groups in total. The maximum atomic E-state index is 11.3. The van der Waals surface area contributed by atoms with Gasteiger partial charge in [-0.1, -0.05) is 13.8 Å². The summed E-state index contributed by atoms with van der Waals surface area (Å²) in [6.07, 6.45) is 1.77. The third-order valence-electron chi connectivity index (χ3n) is 2.16. The fourth-order valence-corrected chi connectivity index (χ4v) is 1.10. The first kappa shape index (κ1) is 13.4. The summed E-state index contributed by atoms with van der Waals surface area (Å²) in [5.74, 6) is 0.188. The van der Waals surface area contributed by atoms with Crippen LogP contribution in [-0.4, -0.2) is 35.4 Å². The Balaban J connectivity index is 3.68. The number of carbonyl (C=O) groups is 1. The lowest BCUT2D eigenvalue weighted by atomic mass is 10.1. The second kappa shape index (κ2) is 7.76. The molecular weight excluding hydrogens is 182 g/mol. The number of amides is 1. The first-order valence-corrected chi connectivity index (χ1v) is 5.13. The van der Waals surface area contributed by atoms with Gasteiger partial charge in [-0.15, -0.1) is 0 Å². The molecule has 0 spiro atoms. The van der Waals surface area contributed by atoms with E-state index < -0.39 is 0 Å². The van der Waals surface area contributed by atoms with E-state index in [1.807, 2.05) is 13.8 Å². The molecule has 4 nitrogen and oxygen atoms in total. The Hall–Kier alpha value is -0.610. The topological polar surface area (TPSA) is 69.6 Å². The zero-order valence-electron chi connectivity index (χ0n) is 8.99. The number of nitrogens with one attached hydrogen (secondary N) is 1. The first-order chi connectivity index (χ1) is 6.61. The van der Waals surface area contributed by atoms with E-state index in [9.17, 15) is 4.79 Å². The molecular formula is C10H21NO3. The van der Waals surface area contributed by atoms with Crippen molar-refractivity contribution >= 4 is 5.91 Å². The number of aliphatic hydroxyl groups is 2. The van der Waals surface area contributed by atoms with Gasteiger partial charge in [0.05, 0.1) is 12.6 Å². The van der Waals surface area contributed by atoms with Gasteiger partial charge in [0.15, 0.2) is 0 Å². The lowest BCUT2D eigenvalue weighted by molar-refractivity contribution is -0.122. The molecule has 0 aromatic rings. The minimum Gasteiger partial charge on any atom is -0.396 e. The Kier molecular flexibility index (Phi) is 7.42. The van der Waals surface area contributed by atoms with Crippen LogP contribution in [0.25, 0.3) is 0 Å². The van der Waals surface area contributed by atoms with Crippen molar-refractivity contribution in [2.45, 2.75) is 39.2 Å². The maximum absolute atomic E-state index is 11.3. The molecule has 0 radical (unpaired) electrons. The van der Waals surface area contributed by atoms with Crippen LogP contribution in [0.2, 0.25) is 0 Å². The van der Waals surface area contributed by atoms with E-state index in [0.29, 0.717) is 19.3 Å². The maximum Gasteiger partial charge on any atom is 0.220 e. The highest BCUT2D eigenvalue weighted by Crippen LogP contribution is 2.02. The van der Waals surface area contributed by atoms with Crippen LogP contribution < -0.4 is 5.32 Å². The summed E-state index contributed by atoms with van der Waals surface area (Å²) in [6, 6.07) is -0.156. The molecule has 1 unspecified atom stereocenters. The minimum absolute atomic E-state index is 0.0244. The van der Waals surface area contributed by atoms with Crippen LogP contribution in [0.1, 0.15) is 33.1 Å². The normalized spacial score (nSPS) is 12.9. The quantitative estimate of drug-likeness (QED) is 0.521. The van der Waals surface area contributed by atoms with Crippen LogP contribution in [0.3, 0.4) is 0 Å². The van der Waals surface area contributed by atoms with Crippen molar-refractivity contribution in [1.82, 2.24) is 5.32 Å². The van der Waals surface area contributed by atoms with Gasteiger partial charge in [-0.05, 0) is 18.8 Å². The highest BCUT2D eigenvalue weighted by Gasteiger charge is 2.14. The molecule has 0 heterocycles. The summed E-state index contributed by atoms with van der Waals surface area (Å²) in [7, 11) is 0. The van der Waals surface area contributed by atoms with E-state index in [0.717, 1.165) is 0 Å². The van der Waals surface area contributed by atoms with Gasteiger partial charge < -0.3 is 15.5 Å². The highest BCUT2D eigenvalue weighted by molar-refractivity contribution is 5.76.